The molecule has 1 saturated heterocycles. The third-order valence-electron chi connectivity index (χ3n) is 6.45. The number of carboxylic acids is 1. The minimum Gasteiger partial charge on any atom is -0.491 e. The normalized spacial score (nSPS) is 16.6. The first-order valence-corrected chi connectivity index (χ1v) is 13.3. The number of hydrogen-bond acceptors (Lipinski definition) is 4. The van der Waals surface area contributed by atoms with E-state index in [4.69, 9.17) is 16.3 Å². The molecular formula is C25H29ClN2O5S. The zero-order valence-corrected chi connectivity index (χ0v) is 20.8. The summed E-state index contributed by atoms with van der Waals surface area (Å²) < 4.78 is 35.4. The summed E-state index contributed by atoms with van der Waals surface area (Å²) in [5, 5.41) is 10.8. The lowest BCUT2D eigenvalue weighted by atomic mass is 9.90. The fourth-order valence-electron chi connectivity index (χ4n) is 4.46. The number of sulfonamides is 1. The van der Waals surface area contributed by atoms with E-state index >= 15 is 0 Å². The van der Waals surface area contributed by atoms with Gasteiger partial charge >= 0.3 is 5.97 Å². The van der Waals surface area contributed by atoms with Crippen LogP contribution in [-0.4, -0.2) is 47.6 Å². The topological polar surface area (TPSA) is 88.8 Å². The number of nitrogens with zero attached hydrogens (tertiary/aromatic N) is 2. The second-order valence-electron chi connectivity index (χ2n) is 8.75. The van der Waals surface area contributed by atoms with Crippen molar-refractivity contribution < 1.29 is 23.1 Å². The first-order chi connectivity index (χ1) is 16.2. The van der Waals surface area contributed by atoms with E-state index in [2.05, 4.69) is 0 Å². The second kappa shape index (κ2) is 9.98. The van der Waals surface area contributed by atoms with Gasteiger partial charge in [-0.1, -0.05) is 18.5 Å². The van der Waals surface area contributed by atoms with Gasteiger partial charge in [0.25, 0.3) is 0 Å². The van der Waals surface area contributed by atoms with Crippen LogP contribution in [0.5, 0.6) is 5.75 Å². The van der Waals surface area contributed by atoms with Crippen LogP contribution in [0.25, 0.3) is 10.9 Å². The third-order valence-corrected chi connectivity index (χ3v) is 8.59. The molecule has 0 bridgehead atoms. The van der Waals surface area contributed by atoms with Gasteiger partial charge < -0.3 is 14.4 Å². The molecule has 1 atom stereocenters. The summed E-state index contributed by atoms with van der Waals surface area (Å²) in [6, 6.07) is 12.0. The molecule has 1 fully saturated rings. The lowest BCUT2D eigenvalue weighted by Crippen LogP contribution is -2.37. The summed E-state index contributed by atoms with van der Waals surface area (Å²) in [5.41, 5.74) is 1.83. The Hall–Kier alpha value is -2.55. The van der Waals surface area contributed by atoms with Crippen LogP contribution in [-0.2, 0) is 21.4 Å². The average Bonchev–Trinajstić information content (AvgIpc) is 3.16. The number of rotatable bonds is 8. The van der Waals surface area contributed by atoms with Gasteiger partial charge in [-0.05, 0) is 80.1 Å². The van der Waals surface area contributed by atoms with E-state index in [1.807, 2.05) is 32.2 Å². The number of benzene rings is 2. The Kier molecular flexibility index (Phi) is 7.21. The quantitative estimate of drug-likeness (QED) is 0.459. The molecule has 0 amide bonds. The van der Waals surface area contributed by atoms with Crippen molar-refractivity contribution in [3.8, 4) is 5.75 Å². The van der Waals surface area contributed by atoms with Crippen LogP contribution in [0.4, 0.5) is 0 Å². The molecule has 7 nitrogen and oxygen atoms in total. The molecule has 1 aliphatic heterocycles. The molecule has 0 aliphatic carbocycles. The molecule has 1 N–H and O–H groups in total. The summed E-state index contributed by atoms with van der Waals surface area (Å²) in [6.07, 6.45) is 4.11. The predicted octanol–water partition coefficient (Wildman–Crippen LogP) is 5.12. The number of aromatic nitrogens is 1. The van der Waals surface area contributed by atoms with Crippen LogP contribution in [0, 0.1) is 0 Å². The Balaban J connectivity index is 1.50. The molecule has 9 heteroatoms. The molecule has 1 aromatic heterocycles. The van der Waals surface area contributed by atoms with Gasteiger partial charge in [0.1, 0.15) is 12.3 Å². The van der Waals surface area contributed by atoms with Gasteiger partial charge in [-0.3, -0.25) is 4.79 Å². The molecule has 4 rings (SSSR count). The summed E-state index contributed by atoms with van der Waals surface area (Å²) in [7, 11) is -3.60. The van der Waals surface area contributed by atoms with Gasteiger partial charge in [0.2, 0.25) is 10.0 Å². The van der Waals surface area contributed by atoms with Crippen LogP contribution < -0.4 is 4.74 Å². The summed E-state index contributed by atoms with van der Waals surface area (Å²) >= 11 is 6.22. The number of aliphatic carboxylic acids is 1. The maximum Gasteiger partial charge on any atom is 0.323 e. The van der Waals surface area contributed by atoms with E-state index in [0.717, 1.165) is 22.9 Å². The van der Waals surface area contributed by atoms with Crippen molar-refractivity contribution in [2.45, 2.75) is 56.6 Å². The monoisotopic (exact) mass is 504 g/mol. The van der Waals surface area contributed by atoms with Gasteiger partial charge in [-0.2, -0.15) is 4.31 Å². The highest BCUT2D eigenvalue weighted by molar-refractivity contribution is 7.89. The fraction of sp³-hybridized carbons (Fsp3) is 0.400. The Morgan fingerprint density at radius 3 is 2.47 bits per heavy atom. The van der Waals surface area contributed by atoms with Gasteiger partial charge in [0.15, 0.2) is 0 Å². The molecule has 0 radical (unpaired) electrons. The molecule has 0 spiro atoms. The molecule has 0 unspecified atom stereocenters. The van der Waals surface area contributed by atoms with Crippen molar-refractivity contribution in [1.82, 2.24) is 8.87 Å². The molecule has 2 heterocycles. The molecule has 1 aliphatic rings. The maximum atomic E-state index is 13.2. The molecule has 0 saturated carbocycles. The van der Waals surface area contributed by atoms with Crippen LogP contribution in [0.15, 0.2) is 53.6 Å². The van der Waals surface area contributed by atoms with Crippen molar-refractivity contribution in [3.63, 3.8) is 0 Å². The number of piperidine rings is 1. The highest BCUT2D eigenvalue weighted by Gasteiger charge is 2.31. The van der Waals surface area contributed by atoms with Crippen molar-refractivity contribution >= 4 is 38.5 Å². The van der Waals surface area contributed by atoms with Gasteiger partial charge in [0.05, 0.1) is 11.0 Å². The minimum absolute atomic E-state index is 0.0674. The Bertz CT molecular complexity index is 1280. The van der Waals surface area contributed by atoms with Gasteiger partial charge in [-0.15, -0.1) is 0 Å². The lowest BCUT2D eigenvalue weighted by Gasteiger charge is -2.31. The first kappa shape index (κ1) is 24.6. The van der Waals surface area contributed by atoms with Crippen LogP contribution >= 0.6 is 11.6 Å². The highest BCUT2D eigenvalue weighted by Crippen LogP contribution is 2.37. The third kappa shape index (κ3) is 5.09. The van der Waals surface area contributed by atoms with Gasteiger partial charge in [-0.25, -0.2) is 8.42 Å². The van der Waals surface area contributed by atoms with E-state index in [-0.39, 0.29) is 23.5 Å². The van der Waals surface area contributed by atoms with E-state index in [9.17, 15) is 18.3 Å². The number of carboxylic acid groups (broad SMARTS) is 1. The van der Waals surface area contributed by atoms with E-state index in [1.54, 1.807) is 34.9 Å². The van der Waals surface area contributed by atoms with Crippen LogP contribution in [0.2, 0.25) is 5.02 Å². The smallest absolute Gasteiger partial charge is 0.323 e. The lowest BCUT2D eigenvalue weighted by molar-refractivity contribution is -0.137. The van der Waals surface area contributed by atoms with Gasteiger partial charge in [0, 0.05) is 35.2 Å². The minimum atomic E-state index is -3.60. The number of hydrogen-bond donors (Lipinski definition) is 1. The van der Waals surface area contributed by atoms with E-state index in [1.165, 1.54) is 4.31 Å². The average molecular weight is 505 g/mol. The summed E-state index contributed by atoms with van der Waals surface area (Å²) in [6.45, 7) is 4.66. The van der Waals surface area contributed by atoms with Crippen molar-refractivity contribution in [2.24, 2.45) is 0 Å². The summed E-state index contributed by atoms with van der Waals surface area (Å²) in [4.78, 5) is 11.6. The molecule has 182 valence electrons. The maximum absolute atomic E-state index is 13.2. The highest BCUT2D eigenvalue weighted by atomic mass is 35.5. The molecule has 34 heavy (non-hydrogen) atoms. The SMILES string of the molecule is CC[C@@H](C)Oc1ccc(S(=O)(=O)N2CCC(c3cn(CC(=O)O)c4ccc(Cl)cc34)CC2)cc1. The molecular weight excluding hydrogens is 476 g/mol. The van der Waals surface area contributed by atoms with Crippen molar-refractivity contribution in [1.29, 1.82) is 0 Å². The first-order valence-electron chi connectivity index (χ1n) is 11.5. The van der Waals surface area contributed by atoms with Crippen molar-refractivity contribution in [3.05, 3.63) is 59.2 Å². The number of ether oxygens (including phenoxy) is 1. The number of carbonyl (C=O) groups is 1. The van der Waals surface area contributed by atoms with E-state index < -0.39 is 16.0 Å². The number of halogens is 1. The Morgan fingerprint density at radius 1 is 1.18 bits per heavy atom. The Morgan fingerprint density at radius 2 is 1.85 bits per heavy atom. The van der Waals surface area contributed by atoms with E-state index in [0.29, 0.717) is 36.7 Å². The molecule has 2 aromatic carbocycles. The summed E-state index contributed by atoms with van der Waals surface area (Å²) in [5.74, 6) is -0.142. The predicted molar refractivity (Wildman–Crippen MR) is 132 cm³/mol. The Labute approximate surface area is 204 Å². The number of fused-ring (bicyclic) bond motifs is 1. The van der Waals surface area contributed by atoms with Crippen LogP contribution in [0.1, 0.15) is 44.6 Å². The van der Waals surface area contributed by atoms with Crippen LogP contribution in [0.3, 0.4) is 0 Å². The second-order valence-corrected chi connectivity index (χ2v) is 11.1. The standard InChI is InChI=1S/C25H29ClN2O5S/c1-3-17(2)33-20-5-7-21(8-6-20)34(31,32)28-12-10-18(11-13-28)23-15-27(16-25(29)30)24-9-4-19(26)14-22(23)24/h4-9,14-15,17-18H,3,10-13,16H2,1-2H3,(H,29,30)/t17-/m1/s1. The zero-order chi connectivity index (χ0) is 24.5. The fourth-order valence-corrected chi connectivity index (χ4v) is 6.10. The van der Waals surface area contributed by atoms with Crippen molar-refractivity contribution in [2.75, 3.05) is 13.1 Å². The zero-order valence-electron chi connectivity index (χ0n) is 19.3. The molecule has 3 aromatic rings. The largest absolute Gasteiger partial charge is 0.491 e.